The number of amides is 1. The first-order valence-corrected chi connectivity index (χ1v) is 6.29. The van der Waals surface area contributed by atoms with Crippen LogP contribution < -0.4 is 11.1 Å². The van der Waals surface area contributed by atoms with E-state index in [1.807, 2.05) is 0 Å². The zero-order chi connectivity index (χ0) is 15.8. The fraction of sp³-hybridized carbons (Fsp3) is 0.357. The lowest BCUT2D eigenvalue weighted by atomic mass is 10.1. The maximum Gasteiger partial charge on any atom is 0.328 e. The third-order valence-electron chi connectivity index (χ3n) is 2.80. The van der Waals surface area contributed by atoms with Gasteiger partial charge in [0.25, 0.3) is 5.91 Å². The number of benzene rings is 1. The van der Waals surface area contributed by atoms with E-state index in [1.54, 1.807) is 18.2 Å². The smallest absolute Gasteiger partial charge is 0.328 e. The van der Waals surface area contributed by atoms with Crippen molar-refractivity contribution in [2.24, 2.45) is 0 Å². The minimum absolute atomic E-state index is 0.00647. The number of rotatable bonds is 6. The fourth-order valence-electron chi connectivity index (χ4n) is 1.68. The number of nitrogens with one attached hydrogen (secondary N) is 1. The van der Waals surface area contributed by atoms with E-state index < -0.39 is 23.9 Å². The van der Waals surface area contributed by atoms with Crippen LogP contribution in [0.3, 0.4) is 0 Å². The molecule has 0 fully saturated rings. The second-order valence-corrected chi connectivity index (χ2v) is 4.29. The standard InChI is InChI=1S/C14H18N2O5/c1-20-12(17)7-6-11(14(19)21-2)16-13(18)9-4-3-5-10(15)8-9/h3-5,8,11H,6-7,15H2,1-2H3,(H,16,18). The number of anilines is 1. The Balaban J connectivity index is 2.73. The van der Waals surface area contributed by atoms with Gasteiger partial charge in [-0.25, -0.2) is 4.79 Å². The monoisotopic (exact) mass is 294 g/mol. The Labute approximate surface area is 122 Å². The summed E-state index contributed by atoms with van der Waals surface area (Å²) in [6.07, 6.45) is 0.0842. The molecule has 0 aliphatic heterocycles. The summed E-state index contributed by atoms with van der Waals surface area (Å²) in [4.78, 5) is 34.8. The maximum atomic E-state index is 12.1. The lowest BCUT2D eigenvalue weighted by Gasteiger charge is -2.16. The number of nitrogen functional groups attached to an aromatic ring is 1. The third-order valence-corrected chi connectivity index (χ3v) is 2.80. The molecule has 1 rings (SSSR count). The maximum absolute atomic E-state index is 12.1. The second kappa shape index (κ2) is 7.88. The number of esters is 2. The molecule has 1 aromatic rings. The average molecular weight is 294 g/mol. The molecule has 0 aliphatic carbocycles. The normalized spacial score (nSPS) is 11.3. The van der Waals surface area contributed by atoms with Crippen LogP contribution in [0.2, 0.25) is 0 Å². The van der Waals surface area contributed by atoms with Gasteiger partial charge in [0.15, 0.2) is 0 Å². The predicted octanol–water partition coefficient (Wildman–Crippen LogP) is 0.493. The van der Waals surface area contributed by atoms with Gasteiger partial charge in [0.1, 0.15) is 6.04 Å². The molecule has 3 N–H and O–H groups in total. The van der Waals surface area contributed by atoms with Crippen LogP contribution in [0.25, 0.3) is 0 Å². The minimum Gasteiger partial charge on any atom is -0.469 e. The van der Waals surface area contributed by atoms with Gasteiger partial charge in [-0.1, -0.05) is 6.07 Å². The van der Waals surface area contributed by atoms with Crippen molar-refractivity contribution in [3.8, 4) is 0 Å². The molecule has 1 aromatic carbocycles. The van der Waals surface area contributed by atoms with Crippen LogP contribution in [0.4, 0.5) is 5.69 Å². The van der Waals surface area contributed by atoms with E-state index in [2.05, 4.69) is 14.8 Å². The van der Waals surface area contributed by atoms with Gasteiger partial charge >= 0.3 is 11.9 Å². The van der Waals surface area contributed by atoms with E-state index in [-0.39, 0.29) is 12.8 Å². The molecule has 0 heterocycles. The van der Waals surface area contributed by atoms with E-state index in [4.69, 9.17) is 5.73 Å². The number of hydrogen-bond acceptors (Lipinski definition) is 6. The van der Waals surface area contributed by atoms with Crippen molar-refractivity contribution < 1.29 is 23.9 Å². The Morgan fingerprint density at radius 2 is 1.95 bits per heavy atom. The minimum atomic E-state index is -0.928. The number of hydrogen-bond donors (Lipinski definition) is 2. The molecule has 0 saturated carbocycles. The molecule has 0 saturated heterocycles. The van der Waals surface area contributed by atoms with Crippen molar-refractivity contribution in [1.29, 1.82) is 0 Å². The van der Waals surface area contributed by atoms with Gasteiger partial charge in [0.2, 0.25) is 0 Å². The summed E-state index contributed by atoms with van der Waals surface area (Å²) in [6, 6.07) is 5.41. The molecule has 0 radical (unpaired) electrons. The molecule has 7 nitrogen and oxygen atoms in total. The van der Waals surface area contributed by atoms with Crippen molar-refractivity contribution in [3.63, 3.8) is 0 Å². The first-order chi connectivity index (χ1) is 9.97. The summed E-state index contributed by atoms with van der Waals surface area (Å²) in [5.41, 5.74) is 6.35. The molecule has 0 aromatic heterocycles. The summed E-state index contributed by atoms with van der Waals surface area (Å²) < 4.78 is 9.11. The van der Waals surface area contributed by atoms with Crippen LogP contribution in [0.15, 0.2) is 24.3 Å². The Morgan fingerprint density at radius 3 is 2.52 bits per heavy atom. The Bertz CT molecular complexity index is 530. The highest BCUT2D eigenvalue weighted by molar-refractivity contribution is 5.97. The summed E-state index contributed by atoms with van der Waals surface area (Å²) in [6.45, 7) is 0. The SMILES string of the molecule is COC(=O)CCC(NC(=O)c1cccc(N)c1)C(=O)OC. The van der Waals surface area contributed by atoms with Crippen LogP contribution in [-0.4, -0.2) is 38.1 Å². The molecule has 7 heteroatoms. The zero-order valence-corrected chi connectivity index (χ0v) is 11.9. The van der Waals surface area contributed by atoms with E-state index in [1.165, 1.54) is 20.3 Å². The van der Waals surface area contributed by atoms with Gasteiger partial charge in [-0.3, -0.25) is 9.59 Å². The first kappa shape index (κ1) is 16.5. The lowest BCUT2D eigenvalue weighted by molar-refractivity contribution is -0.144. The van der Waals surface area contributed by atoms with Gasteiger partial charge in [0, 0.05) is 17.7 Å². The van der Waals surface area contributed by atoms with Gasteiger partial charge in [-0.05, 0) is 24.6 Å². The molecule has 0 bridgehead atoms. The Hall–Kier alpha value is -2.57. The van der Waals surface area contributed by atoms with Crippen molar-refractivity contribution in [2.75, 3.05) is 20.0 Å². The molecule has 1 amide bonds. The quantitative estimate of drug-likeness (QED) is 0.584. The Kier molecular flexibility index (Phi) is 6.19. The van der Waals surface area contributed by atoms with Crippen molar-refractivity contribution in [1.82, 2.24) is 5.32 Å². The number of carbonyl (C=O) groups excluding carboxylic acids is 3. The molecule has 0 aliphatic rings. The predicted molar refractivity (Wildman–Crippen MR) is 75.4 cm³/mol. The van der Waals surface area contributed by atoms with Crippen LogP contribution >= 0.6 is 0 Å². The molecule has 1 atom stereocenters. The van der Waals surface area contributed by atoms with Gasteiger partial charge in [-0.2, -0.15) is 0 Å². The van der Waals surface area contributed by atoms with Crippen LogP contribution in [0, 0.1) is 0 Å². The number of ether oxygens (including phenoxy) is 2. The van der Waals surface area contributed by atoms with Crippen LogP contribution in [0.1, 0.15) is 23.2 Å². The third kappa shape index (κ3) is 5.13. The molecule has 21 heavy (non-hydrogen) atoms. The van der Waals surface area contributed by atoms with E-state index in [0.29, 0.717) is 11.3 Å². The van der Waals surface area contributed by atoms with Gasteiger partial charge < -0.3 is 20.5 Å². The van der Waals surface area contributed by atoms with E-state index >= 15 is 0 Å². The summed E-state index contributed by atoms with van der Waals surface area (Å²) in [5.74, 6) is -1.57. The summed E-state index contributed by atoms with van der Waals surface area (Å²) >= 11 is 0. The van der Waals surface area contributed by atoms with Gasteiger partial charge in [-0.15, -0.1) is 0 Å². The molecular formula is C14H18N2O5. The molecule has 1 unspecified atom stereocenters. The van der Waals surface area contributed by atoms with E-state index in [0.717, 1.165) is 0 Å². The lowest BCUT2D eigenvalue weighted by Crippen LogP contribution is -2.41. The van der Waals surface area contributed by atoms with E-state index in [9.17, 15) is 14.4 Å². The Morgan fingerprint density at radius 1 is 1.24 bits per heavy atom. The van der Waals surface area contributed by atoms with Crippen LogP contribution in [0.5, 0.6) is 0 Å². The largest absolute Gasteiger partial charge is 0.469 e. The van der Waals surface area contributed by atoms with Gasteiger partial charge in [0.05, 0.1) is 14.2 Å². The van der Waals surface area contributed by atoms with Crippen LogP contribution in [-0.2, 0) is 19.1 Å². The second-order valence-electron chi connectivity index (χ2n) is 4.29. The number of nitrogens with two attached hydrogens (primary N) is 1. The highest BCUT2D eigenvalue weighted by Crippen LogP contribution is 2.08. The summed E-state index contributed by atoms with van der Waals surface area (Å²) in [7, 11) is 2.46. The molecule has 0 spiro atoms. The topological polar surface area (TPSA) is 108 Å². The molecule has 114 valence electrons. The van der Waals surface area contributed by atoms with Crippen molar-refractivity contribution in [3.05, 3.63) is 29.8 Å². The number of methoxy groups -OCH3 is 2. The van der Waals surface area contributed by atoms with Crippen molar-refractivity contribution >= 4 is 23.5 Å². The number of carbonyl (C=O) groups is 3. The summed E-state index contributed by atoms with van der Waals surface area (Å²) in [5, 5.41) is 2.51. The average Bonchev–Trinajstić information content (AvgIpc) is 2.49. The fourth-order valence-corrected chi connectivity index (χ4v) is 1.68. The highest BCUT2D eigenvalue weighted by Gasteiger charge is 2.23. The van der Waals surface area contributed by atoms with Crippen molar-refractivity contribution in [2.45, 2.75) is 18.9 Å². The first-order valence-electron chi connectivity index (χ1n) is 6.29. The molecular weight excluding hydrogens is 276 g/mol. The highest BCUT2D eigenvalue weighted by atomic mass is 16.5. The zero-order valence-electron chi connectivity index (χ0n) is 11.9.